The first-order chi connectivity index (χ1) is 5.41. The van der Waals surface area contributed by atoms with E-state index in [0.29, 0.717) is 13.2 Å². The molecule has 5 nitrogen and oxygen atoms in total. The van der Waals surface area contributed by atoms with Crippen molar-refractivity contribution in [3.05, 3.63) is 25.3 Å². The van der Waals surface area contributed by atoms with Crippen LogP contribution in [0.2, 0.25) is 0 Å². The molecule has 0 radical (unpaired) electrons. The summed E-state index contributed by atoms with van der Waals surface area (Å²) in [7, 11) is -5.17. The van der Waals surface area contributed by atoms with E-state index in [0.717, 1.165) is 0 Å². The molecule has 0 saturated carbocycles. The van der Waals surface area contributed by atoms with Gasteiger partial charge in [-0.3, -0.25) is 8.42 Å². The van der Waals surface area contributed by atoms with Gasteiger partial charge in [0.05, 0.1) is 13.2 Å². The molecule has 72 valence electrons. The van der Waals surface area contributed by atoms with Crippen LogP contribution >= 0.6 is 0 Å². The minimum absolute atomic E-state index is 0. The molecule has 0 fully saturated rings. The third kappa shape index (κ3) is 73.8. The van der Waals surface area contributed by atoms with E-state index in [1.54, 1.807) is 12.2 Å². The SMILES string of the molecule is C=CCOCC=C.O=S(=O)([O-])[O-].[Mg+2]. The molecule has 0 amide bonds. The van der Waals surface area contributed by atoms with Crippen molar-refractivity contribution in [1.82, 2.24) is 0 Å². The summed E-state index contributed by atoms with van der Waals surface area (Å²) in [5.74, 6) is 0. The van der Waals surface area contributed by atoms with Gasteiger partial charge in [0.25, 0.3) is 0 Å². The van der Waals surface area contributed by atoms with Crippen molar-refractivity contribution in [2.75, 3.05) is 13.2 Å². The zero-order valence-electron chi connectivity index (χ0n) is 7.14. The Morgan fingerprint density at radius 3 is 1.54 bits per heavy atom. The van der Waals surface area contributed by atoms with E-state index < -0.39 is 10.4 Å². The second-order valence-corrected chi connectivity index (χ2v) is 2.34. The maximum Gasteiger partial charge on any atom is 2.00 e. The zero-order chi connectivity index (χ0) is 10.0. The Morgan fingerprint density at radius 2 is 1.38 bits per heavy atom. The third-order valence-electron chi connectivity index (χ3n) is 0.471. The molecule has 0 heterocycles. The van der Waals surface area contributed by atoms with E-state index in [9.17, 15) is 0 Å². The van der Waals surface area contributed by atoms with Crippen LogP contribution in [-0.4, -0.2) is 53.8 Å². The maximum atomic E-state index is 8.52. The Balaban J connectivity index is -0.000000150. The predicted octanol–water partition coefficient (Wildman–Crippen LogP) is -0.344. The van der Waals surface area contributed by atoms with Gasteiger partial charge in [-0.2, -0.15) is 0 Å². The molecule has 0 rings (SSSR count). The fourth-order valence-corrected chi connectivity index (χ4v) is 0.235. The van der Waals surface area contributed by atoms with E-state index in [-0.39, 0.29) is 23.1 Å². The molecule has 0 saturated heterocycles. The molecule has 0 N–H and O–H groups in total. The average Bonchev–Trinajstić information content (AvgIpc) is 1.85. The van der Waals surface area contributed by atoms with Gasteiger partial charge < -0.3 is 13.8 Å². The fraction of sp³-hybridized carbons (Fsp3) is 0.333. The molecule has 0 unspecified atom stereocenters. The third-order valence-corrected chi connectivity index (χ3v) is 0.471. The molecular formula is C6H10MgO5S. The van der Waals surface area contributed by atoms with Crippen molar-refractivity contribution in [2.45, 2.75) is 0 Å². The van der Waals surface area contributed by atoms with Crippen LogP contribution in [-0.2, 0) is 15.1 Å². The molecule has 7 heteroatoms. The van der Waals surface area contributed by atoms with Crippen LogP contribution < -0.4 is 0 Å². The van der Waals surface area contributed by atoms with Gasteiger partial charge in [0, 0.05) is 10.4 Å². The molecular weight excluding hydrogens is 208 g/mol. The van der Waals surface area contributed by atoms with Gasteiger partial charge in [-0.15, -0.1) is 13.2 Å². The van der Waals surface area contributed by atoms with Crippen molar-refractivity contribution >= 4 is 33.5 Å². The van der Waals surface area contributed by atoms with Gasteiger partial charge >= 0.3 is 23.1 Å². The van der Waals surface area contributed by atoms with Crippen LogP contribution in [0.3, 0.4) is 0 Å². The van der Waals surface area contributed by atoms with Crippen LogP contribution in [0.5, 0.6) is 0 Å². The second kappa shape index (κ2) is 12.1. The smallest absolute Gasteiger partial charge is 0.759 e. The van der Waals surface area contributed by atoms with Crippen molar-refractivity contribution in [1.29, 1.82) is 0 Å². The number of ether oxygens (including phenoxy) is 1. The van der Waals surface area contributed by atoms with Crippen LogP contribution in [0.4, 0.5) is 0 Å². The topological polar surface area (TPSA) is 89.5 Å². The first kappa shape index (κ1) is 18.8. The molecule has 13 heavy (non-hydrogen) atoms. The fourth-order valence-electron chi connectivity index (χ4n) is 0.235. The molecule has 0 aromatic rings. The van der Waals surface area contributed by atoms with E-state index >= 15 is 0 Å². The number of hydrogen-bond acceptors (Lipinski definition) is 5. The summed E-state index contributed by atoms with van der Waals surface area (Å²) in [5.41, 5.74) is 0. The van der Waals surface area contributed by atoms with E-state index in [4.69, 9.17) is 22.3 Å². The van der Waals surface area contributed by atoms with Gasteiger partial charge in [-0.05, 0) is 0 Å². The monoisotopic (exact) mass is 218 g/mol. The minimum atomic E-state index is -5.17. The largest absolute Gasteiger partial charge is 2.00 e. The molecule has 0 bridgehead atoms. The van der Waals surface area contributed by atoms with E-state index in [2.05, 4.69) is 13.2 Å². The van der Waals surface area contributed by atoms with Crippen LogP contribution in [0.25, 0.3) is 0 Å². The molecule has 0 aliphatic carbocycles. The van der Waals surface area contributed by atoms with Crippen molar-refractivity contribution in [3.63, 3.8) is 0 Å². The van der Waals surface area contributed by atoms with Crippen molar-refractivity contribution < 1.29 is 22.3 Å². The van der Waals surface area contributed by atoms with E-state index in [1.165, 1.54) is 0 Å². The summed E-state index contributed by atoms with van der Waals surface area (Å²) in [5, 5.41) is 0. The number of hydrogen-bond donors (Lipinski definition) is 0. The van der Waals surface area contributed by atoms with Crippen molar-refractivity contribution in [3.8, 4) is 0 Å². The summed E-state index contributed by atoms with van der Waals surface area (Å²) < 4.78 is 39.0. The van der Waals surface area contributed by atoms with Gasteiger partial charge in [0.15, 0.2) is 0 Å². The summed E-state index contributed by atoms with van der Waals surface area (Å²) in [4.78, 5) is 0. The molecule has 0 aromatic heterocycles. The second-order valence-electron chi connectivity index (χ2n) is 1.52. The van der Waals surface area contributed by atoms with Crippen LogP contribution in [0.15, 0.2) is 25.3 Å². The summed E-state index contributed by atoms with van der Waals surface area (Å²) in [6.45, 7) is 8.18. The first-order valence-electron chi connectivity index (χ1n) is 2.88. The Kier molecular flexibility index (Phi) is 17.4. The molecule has 0 spiro atoms. The Bertz CT molecular complexity index is 195. The Morgan fingerprint density at radius 1 is 1.15 bits per heavy atom. The standard InChI is InChI=1S/C6H10O.Mg.H2O4S/c1-3-5-7-6-4-2;;1-5(2,3)4/h3-4H,1-2,5-6H2;;(H2,1,2,3,4)/q;+2;/p-2. The maximum absolute atomic E-state index is 8.52. The first-order valence-corrected chi connectivity index (χ1v) is 4.21. The quantitative estimate of drug-likeness (QED) is 0.212. The van der Waals surface area contributed by atoms with Gasteiger partial charge in [0.2, 0.25) is 0 Å². The minimum Gasteiger partial charge on any atom is -0.759 e. The predicted molar refractivity (Wildman–Crippen MR) is 47.4 cm³/mol. The molecule has 0 aliphatic rings. The Labute approximate surface area is 94.2 Å². The average molecular weight is 219 g/mol. The Hall–Kier alpha value is 0.0762. The van der Waals surface area contributed by atoms with Crippen LogP contribution in [0.1, 0.15) is 0 Å². The van der Waals surface area contributed by atoms with Crippen molar-refractivity contribution in [2.24, 2.45) is 0 Å². The summed E-state index contributed by atoms with van der Waals surface area (Å²) >= 11 is 0. The number of rotatable bonds is 4. The summed E-state index contributed by atoms with van der Waals surface area (Å²) in [6.07, 6.45) is 3.42. The zero-order valence-corrected chi connectivity index (χ0v) is 9.37. The van der Waals surface area contributed by atoms with Gasteiger partial charge in [-0.25, -0.2) is 0 Å². The van der Waals surface area contributed by atoms with E-state index in [1.807, 2.05) is 0 Å². The molecule has 0 aliphatic heterocycles. The molecule has 0 atom stereocenters. The normalized spacial score (nSPS) is 8.77. The van der Waals surface area contributed by atoms with Crippen LogP contribution in [0, 0.1) is 0 Å². The molecule has 0 aromatic carbocycles. The van der Waals surface area contributed by atoms with Gasteiger partial charge in [-0.1, -0.05) is 12.2 Å². The summed E-state index contributed by atoms with van der Waals surface area (Å²) in [6, 6.07) is 0. The van der Waals surface area contributed by atoms with Gasteiger partial charge in [0.1, 0.15) is 0 Å².